The van der Waals surface area contributed by atoms with Crippen molar-refractivity contribution in [3.8, 4) is 5.88 Å². The molecule has 0 atom stereocenters. The van der Waals surface area contributed by atoms with Crippen molar-refractivity contribution in [2.75, 3.05) is 19.9 Å². The normalized spacial score (nSPS) is 11.4. The molecule has 0 aliphatic carbocycles. The molecule has 0 radical (unpaired) electrons. The predicted molar refractivity (Wildman–Crippen MR) is 91.1 cm³/mol. The molecule has 0 aliphatic heterocycles. The van der Waals surface area contributed by atoms with Crippen LogP contribution >= 0.6 is 0 Å². The third kappa shape index (κ3) is 5.48. The number of carbonyl (C=O) groups is 1. The van der Waals surface area contributed by atoms with Crippen LogP contribution in [0.1, 0.15) is 16.1 Å². The maximum Gasteiger partial charge on any atom is 0.272 e. The number of hydrogen-bond donors (Lipinski definition) is 0. The fourth-order valence-corrected chi connectivity index (χ4v) is 2.78. The monoisotopic (exact) mass is 384 g/mol. The Kier molecular flexibility index (Phi) is 6.25. The molecule has 0 fully saturated rings. The van der Waals surface area contributed by atoms with Crippen molar-refractivity contribution in [3.63, 3.8) is 0 Å². The number of carbonyl (C=O) groups excluding carboxylic acids is 1. The Labute approximate surface area is 150 Å². The number of alkyl halides is 2. The number of amides is 1. The van der Waals surface area contributed by atoms with Crippen LogP contribution in [-0.4, -0.2) is 50.5 Å². The van der Waals surface area contributed by atoms with Gasteiger partial charge in [-0.05, 0) is 23.8 Å². The quantitative estimate of drug-likeness (QED) is 0.733. The van der Waals surface area contributed by atoms with Crippen LogP contribution < -0.4 is 4.74 Å². The van der Waals surface area contributed by atoms with Gasteiger partial charge in [-0.15, -0.1) is 0 Å². The number of rotatable bonds is 7. The van der Waals surface area contributed by atoms with Crippen LogP contribution in [-0.2, 0) is 16.4 Å². The first-order chi connectivity index (χ1) is 12.2. The maximum atomic E-state index is 12.4. The van der Waals surface area contributed by atoms with Gasteiger partial charge in [-0.3, -0.25) is 4.79 Å². The van der Waals surface area contributed by atoms with Gasteiger partial charge in [-0.25, -0.2) is 22.2 Å². The van der Waals surface area contributed by atoms with Crippen LogP contribution in [0.2, 0.25) is 0 Å². The van der Waals surface area contributed by atoms with Crippen molar-refractivity contribution in [1.29, 1.82) is 0 Å². The van der Waals surface area contributed by atoms with E-state index in [9.17, 15) is 22.0 Å². The molecule has 0 saturated heterocycles. The van der Waals surface area contributed by atoms with Gasteiger partial charge in [0.15, 0.2) is 16.4 Å². The highest BCUT2D eigenvalue weighted by molar-refractivity contribution is 7.90. The maximum absolute atomic E-state index is 12.4. The molecule has 26 heavy (non-hydrogen) atoms. The topological polar surface area (TPSA) is 76.6 Å². The minimum absolute atomic E-state index is 0.0537. The predicted octanol–water partition coefficient (Wildman–Crippen LogP) is 2.40. The summed E-state index contributed by atoms with van der Waals surface area (Å²) in [4.78, 5) is 17.9. The number of sulfone groups is 1. The fourth-order valence-electron chi connectivity index (χ4n) is 2.15. The van der Waals surface area contributed by atoms with Gasteiger partial charge < -0.3 is 9.64 Å². The van der Waals surface area contributed by atoms with E-state index < -0.39 is 28.8 Å². The summed E-state index contributed by atoms with van der Waals surface area (Å²) in [6.07, 6.45) is -1.51. The molecular formula is C17H18F2N2O4S. The molecule has 2 aromatic rings. The molecule has 1 aromatic heterocycles. The van der Waals surface area contributed by atoms with Gasteiger partial charge in [-0.2, -0.15) is 0 Å². The molecule has 1 amide bonds. The van der Waals surface area contributed by atoms with E-state index in [1.165, 1.54) is 35.2 Å². The Hall–Kier alpha value is -2.55. The van der Waals surface area contributed by atoms with Crippen LogP contribution in [0.15, 0.2) is 47.4 Å². The van der Waals surface area contributed by atoms with Crippen molar-refractivity contribution in [1.82, 2.24) is 9.88 Å². The lowest BCUT2D eigenvalue weighted by molar-refractivity contribution is 0.0760. The summed E-state index contributed by atoms with van der Waals surface area (Å²) in [5.41, 5.74) is 0.797. The van der Waals surface area contributed by atoms with Crippen LogP contribution in [0, 0.1) is 0 Å². The lowest BCUT2D eigenvalue weighted by Gasteiger charge is -2.17. The highest BCUT2D eigenvalue weighted by Gasteiger charge is 2.15. The standard InChI is InChI=1S/C17H18F2N2O4S/c1-21(10-12-6-8-13(9-7-12)26(2,23)24)17(22)14-4-3-5-16(20-14)25-11-15(18)19/h3-9,15H,10-11H2,1-2H3. The van der Waals surface area contributed by atoms with Gasteiger partial charge >= 0.3 is 0 Å². The Bertz CT molecular complexity index is 871. The summed E-state index contributed by atoms with van der Waals surface area (Å²) >= 11 is 0. The zero-order valence-corrected chi connectivity index (χ0v) is 15.0. The van der Waals surface area contributed by atoms with Crippen molar-refractivity contribution < 1.29 is 26.7 Å². The molecule has 0 unspecified atom stereocenters. The van der Waals surface area contributed by atoms with Crippen LogP contribution in [0.4, 0.5) is 8.78 Å². The third-order valence-electron chi connectivity index (χ3n) is 3.42. The third-order valence-corrected chi connectivity index (χ3v) is 4.55. The molecule has 0 bridgehead atoms. The summed E-state index contributed by atoms with van der Waals surface area (Å²) in [5, 5.41) is 0. The van der Waals surface area contributed by atoms with Crippen LogP contribution in [0.3, 0.4) is 0 Å². The average molecular weight is 384 g/mol. The van der Waals surface area contributed by atoms with Gasteiger partial charge in [0.2, 0.25) is 5.88 Å². The number of halogens is 2. The zero-order chi connectivity index (χ0) is 19.3. The number of benzene rings is 1. The number of hydrogen-bond acceptors (Lipinski definition) is 5. The lowest BCUT2D eigenvalue weighted by atomic mass is 10.2. The largest absolute Gasteiger partial charge is 0.472 e. The Morgan fingerprint density at radius 2 is 1.85 bits per heavy atom. The van der Waals surface area contributed by atoms with Gasteiger partial charge in [-0.1, -0.05) is 18.2 Å². The van der Waals surface area contributed by atoms with Crippen molar-refractivity contribution in [2.45, 2.75) is 17.9 Å². The summed E-state index contributed by atoms with van der Waals surface area (Å²) in [7, 11) is -1.72. The second kappa shape index (κ2) is 8.22. The summed E-state index contributed by atoms with van der Waals surface area (Å²) in [6.45, 7) is -0.570. The molecular weight excluding hydrogens is 366 g/mol. The second-order valence-electron chi connectivity index (χ2n) is 5.64. The highest BCUT2D eigenvalue weighted by Crippen LogP contribution is 2.14. The molecule has 0 spiro atoms. The lowest BCUT2D eigenvalue weighted by Crippen LogP contribution is -2.27. The molecule has 6 nitrogen and oxygen atoms in total. The number of pyridine rings is 1. The Morgan fingerprint density at radius 3 is 2.42 bits per heavy atom. The number of nitrogens with zero attached hydrogens (tertiary/aromatic N) is 2. The fraction of sp³-hybridized carbons (Fsp3) is 0.294. The molecule has 0 saturated carbocycles. The minimum Gasteiger partial charge on any atom is -0.472 e. The Morgan fingerprint density at radius 1 is 1.19 bits per heavy atom. The van der Waals surface area contributed by atoms with Gasteiger partial charge in [0, 0.05) is 25.9 Å². The van der Waals surface area contributed by atoms with Crippen molar-refractivity contribution >= 4 is 15.7 Å². The molecule has 0 N–H and O–H groups in total. The van der Waals surface area contributed by atoms with E-state index in [2.05, 4.69) is 4.98 Å². The molecule has 140 valence electrons. The summed E-state index contributed by atoms with van der Waals surface area (Å²) in [6, 6.07) is 10.5. The molecule has 0 aliphatic rings. The van der Waals surface area contributed by atoms with E-state index in [-0.39, 0.29) is 23.0 Å². The first-order valence-electron chi connectivity index (χ1n) is 7.59. The molecule has 9 heteroatoms. The van der Waals surface area contributed by atoms with E-state index in [4.69, 9.17) is 4.74 Å². The van der Waals surface area contributed by atoms with Gasteiger partial charge in [0.25, 0.3) is 12.3 Å². The average Bonchev–Trinajstić information content (AvgIpc) is 2.59. The zero-order valence-electron chi connectivity index (χ0n) is 14.2. The van der Waals surface area contributed by atoms with Gasteiger partial charge in [0.1, 0.15) is 5.69 Å². The van der Waals surface area contributed by atoms with Crippen molar-refractivity contribution in [2.24, 2.45) is 0 Å². The second-order valence-corrected chi connectivity index (χ2v) is 7.66. The van der Waals surface area contributed by atoms with E-state index in [0.29, 0.717) is 0 Å². The first kappa shape index (κ1) is 19.8. The first-order valence-corrected chi connectivity index (χ1v) is 9.48. The van der Waals surface area contributed by atoms with Crippen molar-refractivity contribution in [3.05, 3.63) is 53.7 Å². The summed E-state index contributed by atoms with van der Waals surface area (Å²) < 4.78 is 52.1. The minimum atomic E-state index is -3.28. The molecule has 2 rings (SSSR count). The van der Waals surface area contributed by atoms with E-state index in [0.717, 1.165) is 11.8 Å². The van der Waals surface area contributed by atoms with Crippen LogP contribution in [0.5, 0.6) is 5.88 Å². The SMILES string of the molecule is CN(Cc1ccc(S(C)(=O)=O)cc1)C(=O)c1cccc(OCC(F)F)n1. The van der Waals surface area contributed by atoms with Gasteiger partial charge in [0.05, 0.1) is 4.90 Å². The molecule has 1 heterocycles. The number of ether oxygens (including phenoxy) is 1. The molecule has 1 aromatic carbocycles. The smallest absolute Gasteiger partial charge is 0.272 e. The summed E-state index contributed by atoms with van der Waals surface area (Å²) in [5.74, 6) is -0.471. The van der Waals surface area contributed by atoms with E-state index in [1.807, 2.05) is 0 Å². The van der Waals surface area contributed by atoms with E-state index in [1.54, 1.807) is 19.2 Å². The highest BCUT2D eigenvalue weighted by atomic mass is 32.2. The van der Waals surface area contributed by atoms with E-state index >= 15 is 0 Å². The Balaban J connectivity index is 2.06. The number of aromatic nitrogens is 1. The van der Waals surface area contributed by atoms with Crippen LogP contribution in [0.25, 0.3) is 0 Å².